The Bertz CT molecular complexity index is 739. The van der Waals surface area contributed by atoms with Gasteiger partial charge in [-0.15, -0.1) is 0 Å². The van der Waals surface area contributed by atoms with Gasteiger partial charge in [0.2, 0.25) is 5.91 Å². The van der Waals surface area contributed by atoms with Crippen molar-refractivity contribution in [1.82, 2.24) is 5.32 Å². The standard InChI is InChI=1S/C22H32BClN2O4/c1-14(2)11-21(23(29)30)25-22(28)16(12-15-3-4-15)13-20(27)19-9-10-26(19)18-7-5-17(24)6-8-18/h5-8,14-16,19,21,29-30H,3-4,9-13H2,1-2H3,(H,25,28)/t16-,19+,21-/m1/s1. The van der Waals surface area contributed by atoms with Gasteiger partial charge in [0.05, 0.1) is 12.0 Å². The third kappa shape index (κ3) is 6.22. The van der Waals surface area contributed by atoms with Gasteiger partial charge in [-0.2, -0.15) is 0 Å². The van der Waals surface area contributed by atoms with Gasteiger partial charge in [0.1, 0.15) is 0 Å². The molecule has 3 rings (SSSR count). The second kappa shape index (κ2) is 10.2. The maximum Gasteiger partial charge on any atom is 0.475 e. The summed E-state index contributed by atoms with van der Waals surface area (Å²) >= 11 is 5.96. The number of ketones is 1. The molecular formula is C22H32BClN2O4. The average molecular weight is 435 g/mol. The first-order chi connectivity index (χ1) is 14.2. The Kier molecular flexibility index (Phi) is 7.83. The molecule has 1 aromatic rings. The topological polar surface area (TPSA) is 89.9 Å². The number of benzene rings is 1. The highest BCUT2D eigenvalue weighted by atomic mass is 35.5. The minimum atomic E-state index is -1.61. The lowest BCUT2D eigenvalue weighted by molar-refractivity contribution is -0.131. The van der Waals surface area contributed by atoms with Gasteiger partial charge in [0.25, 0.3) is 0 Å². The molecule has 3 N–H and O–H groups in total. The maximum atomic E-state index is 13.0. The highest BCUT2D eigenvalue weighted by molar-refractivity contribution is 6.43. The third-order valence-corrected chi connectivity index (χ3v) is 6.35. The fraction of sp³-hybridized carbons (Fsp3) is 0.636. The second-order valence-corrected chi connectivity index (χ2v) is 9.62. The molecule has 1 heterocycles. The van der Waals surface area contributed by atoms with Crippen LogP contribution in [0.3, 0.4) is 0 Å². The minimum absolute atomic E-state index is 0.0713. The van der Waals surface area contributed by atoms with Crippen LogP contribution in [-0.4, -0.2) is 47.4 Å². The summed E-state index contributed by atoms with van der Waals surface area (Å²) in [5, 5.41) is 22.7. The van der Waals surface area contributed by atoms with Crippen molar-refractivity contribution in [1.29, 1.82) is 0 Å². The molecule has 8 heteroatoms. The van der Waals surface area contributed by atoms with Gasteiger partial charge in [0, 0.05) is 29.6 Å². The lowest BCUT2D eigenvalue weighted by atomic mass is 9.74. The summed E-state index contributed by atoms with van der Waals surface area (Å²) < 4.78 is 0. The quantitative estimate of drug-likeness (QED) is 0.466. The fourth-order valence-corrected chi connectivity index (χ4v) is 4.27. The number of hydrogen-bond acceptors (Lipinski definition) is 5. The molecule has 0 unspecified atom stereocenters. The zero-order valence-electron chi connectivity index (χ0n) is 17.8. The Morgan fingerprint density at radius 3 is 2.37 bits per heavy atom. The van der Waals surface area contributed by atoms with Crippen LogP contribution >= 0.6 is 11.6 Å². The van der Waals surface area contributed by atoms with Gasteiger partial charge in [-0.3, -0.25) is 9.59 Å². The molecule has 2 fully saturated rings. The van der Waals surface area contributed by atoms with E-state index in [1.165, 1.54) is 0 Å². The van der Waals surface area contributed by atoms with Gasteiger partial charge in [-0.05, 0) is 55.4 Å². The van der Waals surface area contributed by atoms with Crippen LogP contribution in [0.5, 0.6) is 0 Å². The number of halogens is 1. The van der Waals surface area contributed by atoms with Crippen LogP contribution in [0.4, 0.5) is 5.69 Å². The van der Waals surface area contributed by atoms with Crippen LogP contribution in [0.1, 0.15) is 52.4 Å². The first-order valence-electron chi connectivity index (χ1n) is 11.0. The summed E-state index contributed by atoms with van der Waals surface area (Å²) in [7, 11) is -1.61. The first kappa shape index (κ1) is 23.1. The summed E-state index contributed by atoms with van der Waals surface area (Å²) in [6, 6.07) is 7.24. The lowest BCUT2D eigenvalue weighted by Crippen LogP contribution is -2.54. The fourth-order valence-electron chi connectivity index (χ4n) is 4.15. The number of nitrogens with one attached hydrogen (secondary N) is 1. The maximum absolute atomic E-state index is 13.0. The van der Waals surface area contributed by atoms with Crippen molar-refractivity contribution in [3.63, 3.8) is 0 Å². The first-order valence-corrected chi connectivity index (χ1v) is 11.3. The number of Topliss-reactive ketones (excluding diaryl/α,β-unsaturated/α-hetero) is 1. The Labute approximate surface area is 184 Å². The molecule has 0 bridgehead atoms. The monoisotopic (exact) mass is 434 g/mol. The largest absolute Gasteiger partial charge is 0.475 e. The molecule has 164 valence electrons. The van der Waals surface area contributed by atoms with Gasteiger partial charge < -0.3 is 20.3 Å². The summed E-state index contributed by atoms with van der Waals surface area (Å²) in [5.41, 5.74) is 0.965. The van der Waals surface area contributed by atoms with Crippen LogP contribution in [0.25, 0.3) is 0 Å². The van der Waals surface area contributed by atoms with Gasteiger partial charge in [-0.25, -0.2) is 0 Å². The Hall–Kier alpha value is -1.57. The van der Waals surface area contributed by atoms with E-state index in [0.717, 1.165) is 31.5 Å². The van der Waals surface area contributed by atoms with Crippen molar-refractivity contribution in [2.75, 3.05) is 11.4 Å². The molecule has 1 aromatic carbocycles. The molecule has 30 heavy (non-hydrogen) atoms. The second-order valence-electron chi connectivity index (χ2n) is 9.18. The van der Waals surface area contributed by atoms with Crippen molar-refractivity contribution in [2.24, 2.45) is 17.8 Å². The molecule has 3 atom stereocenters. The molecule has 0 radical (unpaired) electrons. The predicted molar refractivity (Wildman–Crippen MR) is 119 cm³/mol. The third-order valence-electron chi connectivity index (χ3n) is 6.10. The van der Waals surface area contributed by atoms with Gasteiger partial charge >= 0.3 is 7.12 Å². The molecule has 0 spiro atoms. The number of carbonyl (C=O) groups is 2. The number of nitrogens with zero attached hydrogens (tertiary/aromatic N) is 1. The SMILES string of the molecule is CC(C)C[C@@H](NC(=O)[C@@H](CC(=O)[C@@H]1CCN1c1ccc(Cl)cc1)CC1CC1)B(O)O. The highest BCUT2D eigenvalue weighted by Crippen LogP contribution is 2.37. The van der Waals surface area contributed by atoms with E-state index in [1.54, 1.807) is 0 Å². The lowest BCUT2D eigenvalue weighted by Gasteiger charge is -2.42. The number of rotatable bonds is 11. The smallest absolute Gasteiger partial charge is 0.426 e. The Morgan fingerprint density at radius 1 is 1.20 bits per heavy atom. The van der Waals surface area contributed by atoms with Crippen molar-refractivity contribution in [2.45, 2.75) is 64.4 Å². The van der Waals surface area contributed by atoms with Crippen LogP contribution in [0.15, 0.2) is 24.3 Å². The molecule has 1 amide bonds. The van der Waals surface area contributed by atoms with Crippen molar-refractivity contribution >= 4 is 36.1 Å². The van der Waals surface area contributed by atoms with E-state index in [4.69, 9.17) is 11.6 Å². The van der Waals surface area contributed by atoms with Crippen LogP contribution < -0.4 is 10.2 Å². The van der Waals surface area contributed by atoms with Gasteiger partial charge in [-0.1, -0.05) is 38.3 Å². The summed E-state index contributed by atoms with van der Waals surface area (Å²) in [5.74, 6) is -0.614. The van der Waals surface area contributed by atoms with Crippen LogP contribution in [-0.2, 0) is 9.59 Å². The molecular weight excluding hydrogens is 403 g/mol. The zero-order chi connectivity index (χ0) is 21.8. The predicted octanol–water partition coefficient (Wildman–Crippen LogP) is 2.84. The highest BCUT2D eigenvalue weighted by Gasteiger charge is 2.39. The summed E-state index contributed by atoms with van der Waals surface area (Å²) in [6.45, 7) is 4.74. The van der Waals surface area contributed by atoms with E-state index in [-0.39, 0.29) is 30.1 Å². The number of amides is 1. The zero-order valence-corrected chi connectivity index (χ0v) is 18.5. The van der Waals surface area contributed by atoms with Crippen LogP contribution in [0, 0.1) is 17.8 Å². The molecule has 1 saturated carbocycles. The average Bonchev–Trinajstić information content (AvgIpc) is 3.45. The van der Waals surface area contributed by atoms with E-state index in [1.807, 2.05) is 38.1 Å². The minimum Gasteiger partial charge on any atom is -0.426 e. The Morgan fingerprint density at radius 2 is 1.87 bits per heavy atom. The van der Waals surface area contributed by atoms with Crippen molar-refractivity contribution < 1.29 is 19.6 Å². The van der Waals surface area contributed by atoms with Gasteiger partial charge in [0.15, 0.2) is 5.78 Å². The van der Waals surface area contributed by atoms with Crippen molar-refractivity contribution in [3.05, 3.63) is 29.3 Å². The summed E-state index contributed by atoms with van der Waals surface area (Å²) in [6.07, 6.45) is 4.31. The number of hydrogen-bond donors (Lipinski definition) is 3. The van der Waals surface area contributed by atoms with E-state index in [0.29, 0.717) is 23.8 Å². The van der Waals surface area contributed by atoms with E-state index in [9.17, 15) is 19.6 Å². The normalized spacial score (nSPS) is 20.5. The molecule has 6 nitrogen and oxygen atoms in total. The van der Waals surface area contributed by atoms with E-state index in [2.05, 4.69) is 10.2 Å². The van der Waals surface area contributed by atoms with E-state index < -0.39 is 19.0 Å². The molecule has 1 saturated heterocycles. The molecule has 2 aliphatic rings. The van der Waals surface area contributed by atoms with Crippen LogP contribution in [0.2, 0.25) is 5.02 Å². The van der Waals surface area contributed by atoms with E-state index >= 15 is 0 Å². The molecule has 1 aliphatic carbocycles. The summed E-state index contributed by atoms with van der Waals surface area (Å²) in [4.78, 5) is 28.0. The molecule has 1 aliphatic heterocycles. The Balaban J connectivity index is 1.63. The molecule has 0 aromatic heterocycles. The number of carbonyl (C=O) groups excluding carboxylic acids is 2. The number of anilines is 1. The van der Waals surface area contributed by atoms with Crippen molar-refractivity contribution in [3.8, 4) is 0 Å².